The first-order valence-electron chi connectivity index (χ1n) is 7.85. The fraction of sp³-hybridized carbons (Fsp3) is 0.333. The Bertz CT molecular complexity index is 753. The minimum absolute atomic E-state index is 0.0611. The lowest BCUT2D eigenvalue weighted by Gasteiger charge is -2.20. The molecule has 0 unspecified atom stereocenters. The van der Waals surface area contributed by atoms with Crippen LogP contribution in [0.25, 0.3) is 10.8 Å². The number of benzene rings is 2. The first kappa shape index (κ1) is 17.6. The number of hydrogen-bond acceptors (Lipinski definition) is 4. The molecule has 2 rings (SSSR count). The van der Waals surface area contributed by atoms with Crippen molar-refractivity contribution in [3.05, 3.63) is 52.9 Å². The van der Waals surface area contributed by atoms with Crippen molar-refractivity contribution < 1.29 is 9.59 Å². The molecule has 24 heavy (non-hydrogen) atoms. The first-order chi connectivity index (χ1) is 11.4. The van der Waals surface area contributed by atoms with Gasteiger partial charge in [-0.1, -0.05) is 56.3 Å². The lowest BCUT2D eigenvalue weighted by Crippen LogP contribution is -2.46. The van der Waals surface area contributed by atoms with E-state index >= 15 is 0 Å². The summed E-state index contributed by atoms with van der Waals surface area (Å²) in [5.74, 6) is -1.02. The molecule has 0 fully saturated rings. The molecular formula is C18H21N3O3. The summed E-state index contributed by atoms with van der Waals surface area (Å²) in [6.45, 7) is 5.08. The zero-order chi connectivity index (χ0) is 17.7. The van der Waals surface area contributed by atoms with Gasteiger partial charge in [-0.25, -0.2) is 0 Å². The van der Waals surface area contributed by atoms with Gasteiger partial charge in [-0.3, -0.25) is 9.59 Å². The van der Waals surface area contributed by atoms with E-state index in [0.717, 1.165) is 21.3 Å². The summed E-state index contributed by atoms with van der Waals surface area (Å²) in [7, 11) is 0. The summed E-state index contributed by atoms with van der Waals surface area (Å²) in [5, 5.41) is 8.27. The van der Waals surface area contributed by atoms with E-state index < -0.39 is 11.9 Å². The fourth-order valence-electron chi connectivity index (χ4n) is 2.40. The molecule has 0 saturated carbocycles. The second-order valence-corrected chi connectivity index (χ2v) is 6.00. The van der Waals surface area contributed by atoms with Gasteiger partial charge in [-0.05, 0) is 23.3 Å². The Morgan fingerprint density at radius 3 is 2.42 bits per heavy atom. The molecule has 126 valence electrons. The van der Waals surface area contributed by atoms with Crippen molar-refractivity contribution in [2.24, 2.45) is 11.2 Å². The minimum Gasteiger partial charge on any atom is -0.344 e. The summed E-state index contributed by atoms with van der Waals surface area (Å²) in [5.41, 5.74) is 0.823. The Morgan fingerprint density at radius 2 is 1.75 bits per heavy atom. The second kappa shape index (κ2) is 7.68. The number of carbonyl (C=O) groups excluding carboxylic acids is 2. The van der Waals surface area contributed by atoms with E-state index in [4.69, 9.17) is 0 Å². The van der Waals surface area contributed by atoms with Crippen LogP contribution >= 0.6 is 0 Å². The molecule has 0 heterocycles. The van der Waals surface area contributed by atoms with Crippen LogP contribution in [-0.4, -0.2) is 22.9 Å². The summed E-state index contributed by atoms with van der Waals surface area (Å²) in [6, 6.07) is 12.6. The molecule has 0 aromatic heterocycles. The third-order valence-electron chi connectivity index (χ3n) is 3.81. The van der Waals surface area contributed by atoms with Gasteiger partial charge in [0, 0.05) is 5.92 Å². The summed E-state index contributed by atoms with van der Waals surface area (Å²) >= 11 is 0. The van der Waals surface area contributed by atoms with Gasteiger partial charge in [0.1, 0.15) is 6.04 Å². The minimum atomic E-state index is -0.812. The standard InChI is InChI=1S/C18H21N3O3/c1-12(2)17(22)19-13(3)18(23)21(20-24)11-15-9-6-8-14-7-4-5-10-16(14)15/h4-10,12-13H,11H2,1-3H3,(H,19,22)/t13-/m0/s1. The molecule has 1 atom stereocenters. The van der Waals surface area contributed by atoms with Gasteiger partial charge < -0.3 is 5.32 Å². The average molecular weight is 327 g/mol. The Labute approximate surface area is 140 Å². The van der Waals surface area contributed by atoms with E-state index in [0.29, 0.717) is 0 Å². The second-order valence-electron chi connectivity index (χ2n) is 6.00. The van der Waals surface area contributed by atoms with Crippen molar-refractivity contribution in [1.29, 1.82) is 0 Å². The van der Waals surface area contributed by atoms with Crippen LogP contribution in [0.2, 0.25) is 0 Å². The van der Waals surface area contributed by atoms with E-state index in [1.54, 1.807) is 20.8 Å². The van der Waals surface area contributed by atoms with Crippen molar-refractivity contribution in [2.45, 2.75) is 33.4 Å². The number of amides is 2. The largest absolute Gasteiger partial charge is 0.344 e. The van der Waals surface area contributed by atoms with E-state index in [-0.39, 0.29) is 18.4 Å². The summed E-state index contributed by atoms with van der Waals surface area (Å²) in [4.78, 5) is 35.3. The molecule has 6 heteroatoms. The third-order valence-corrected chi connectivity index (χ3v) is 3.81. The van der Waals surface area contributed by atoms with Crippen LogP contribution in [0.3, 0.4) is 0 Å². The Kier molecular flexibility index (Phi) is 5.63. The molecule has 2 amide bonds. The topological polar surface area (TPSA) is 78.8 Å². The van der Waals surface area contributed by atoms with Gasteiger partial charge in [-0.2, -0.15) is 5.01 Å². The number of carbonyl (C=O) groups is 2. The monoisotopic (exact) mass is 327 g/mol. The van der Waals surface area contributed by atoms with Crippen molar-refractivity contribution in [2.75, 3.05) is 0 Å². The molecule has 0 bridgehead atoms. The van der Waals surface area contributed by atoms with Crippen LogP contribution in [0, 0.1) is 10.8 Å². The van der Waals surface area contributed by atoms with Crippen LogP contribution in [0.5, 0.6) is 0 Å². The van der Waals surface area contributed by atoms with Crippen LogP contribution in [0.15, 0.2) is 47.8 Å². The smallest absolute Gasteiger partial charge is 0.267 e. The maximum absolute atomic E-state index is 12.4. The number of nitrogens with one attached hydrogen (secondary N) is 1. The lowest BCUT2D eigenvalue weighted by atomic mass is 10.0. The summed E-state index contributed by atoms with van der Waals surface area (Å²) in [6.07, 6.45) is 0. The SMILES string of the molecule is CC(C)C(=O)N[C@@H](C)C(=O)N(Cc1cccc2ccccc12)N=O. The Balaban J connectivity index is 2.17. The maximum Gasteiger partial charge on any atom is 0.267 e. The maximum atomic E-state index is 12.4. The molecule has 0 aliphatic rings. The average Bonchev–Trinajstić information content (AvgIpc) is 2.58. The quantitative estimate of drug-likeness (QED) is 0.654. The molecule has 0 radical (unpaired) electrons. The van der Waals surface area contributed by atoms with Crippen LogP contribution in [0.1, 0.15) is 26.3 Å². The van der Waals surface area contributed by atoms with E-state index in [2.05, 4.69) is 10.6 Å². The Morgan fingerprint density at radius 1 is 1.08 bits per heavy atom. The van der Waals surface area contributed by atoms with Crippen molar-refractivity contribution in [1.82, 2.24) is 10.3 Å². The summed E-state index contributed by atoms with van der Waals surface area (Å²) < 4.78 is 0. The molecule has 2 aromatic rings. The van der Waals surface area contributed by atoms with E-state index in [1.807, 2.05) is 42.5 Å². The number of nitroso groups, excluding NO2 is 1. The molecule has 0 aliphatic heterocycles. The molecule has 0 spiro atoms. The highest BCUT2D eigenvalue weighted by molar-refractivity contribution is 5.89. The zero-order valence-corrected chi connectivity index (χ0v) is 14.0. The fourth-order valence-corrected chi connectivity index (χ4v) is 2.40. The van der Waals surface area contributed by atoms with Gasteiger partial charge in [0.2, 0.25) is 5.91 Å². The number of nitrogens with zero attached hydrogens (tertiary/aromatic N) is 2. The van der Waals surface area contributed by atoms with Gasteiger partial charge in [0.05, 0.1) is 11.8 Å². The molecule has 6 nitrogen and oxygen atoms in total. The third kappa shape index (κ3) is 3.95. The van der Waals surface area contributed by atoms with Crippen molar-refractivity contribution in [3.63, 3.8) is 0 Å². The highest BCUT2D eigenvalue weighted by Gasteiger charge is 2.24. The number of hydrogen-bond donors (Lipinski definition) is 1. The van der Waals surface area contributed by atoms with E-state index in [9.17, 15) is 14.5 Å². The van der Waals surface area contributed by atoms with Crippen LogP contribution < -0.4 is 5.32 Å². The lowest BCUT2D eigenvalue weighted by molar-refractivity contribution is -0.137. The first-order valence-corrected chi connectivity index (χ1v) is 7.85. The predicted octanol–water partition coefficient (Wildman–Crippen LogP) is 3.01. The molecule has 2 aromatic carbocycles. The molecule has 0 saturated heterocycles. The van der Waals surface area contributed by atoms with Crippen molar-refractivity contribution >= 4 is 22.6 Å². The predicted molar refractivity (Wildman–Crippen MR) is 92.7 cm³/mol. The molecular weight excluding hydrogens is 306 g/mol. The molecule has 0 aliphatic carbocycles. The normalized spacial score (nSPS) is 12.0. The van der Waals surface area contributed by atoms with Gasteiger partial charge in [-0.15, -0.1) is 4.91 Å². The van der Waals surface area contributed by atoms with Gasteiger partial charge in [0.15, 0.2) is 0 Å². The van der Waals surface area contributed by atoms with Gasteiger partial charge >= 0.3 is 0 Å². The number of rotatable bonds is 6. The number of fused-ring (bicyclic) bond motifs is 1. The Hall–Kier alpha value is -2.76. The van der Waals surface area contributed by atoms with Crippen molar-refractivity contribution in [3.8, 4) is 0 Å². The zero-order valence-electron chi connectivity index (χ0n) is 14.0. The van der Waals surface area contributed by atoms with E-state index in [1.165, 1.54) is 0 Å². The highest BCUT2D eigenvalue weighted by Crippen LogP contribution is 2.20. The highest BCUT2D eigenvalue weighted by atomic mass is 16.3. The van der Waals surface area contributed by atoms with Crippen LogP contribution in [0.4, 0.5) is 0 Å². The van der Waals surface area contributed by atoms with Gasteiger partial charge in [0.25, 0.3) is 5.91 Å². The van der Waals surface area contributed by atoms with Crippen LogP contribution in [-0.2, 0) is 16.1 Å². The molecule has 1 N–H and O–H groups in total.